The first-order valence-electron chi connectivity index (χ1n) is 8.99. The first-order chi connectivity index (χ1) is 11.7. The van der Waals surface area contributed by atoms with Gasteiger partial charge in [0.15, 0.2) is 0 Å². The second-order valence-electron chi connectivity index (χ2n) is 8.40. The van der Waals surface area contributed by atoms with Crippen molar-refractivity contribution in [3.05, 3.63) is 71.9 Å². The average Bonchev–Trinajstić information content (AvgIpc) is 2.92. The van der Waals surface area contributed by atoms with Crippen molar-refractivity contribution in [3.63, 3.8) is 0 Å². The molecule has 0 amide bonds. The highest BCUT2D eigenvalue weighted by atomic mass is 15.2. The fourth-order valence-electron chi connectivity index (χ4n) is 4.16. The Hall–Kier alpha value is -2.22. The molecular formula is C23H30N2. The highest BCUT2D eigenvalue weighted by Crippen LogP contribution is 2.45. The van der Waals surface area contributed by atoms with Gasteiger partial charge in [-0.1, -0.05) is 70.7 Å². The van der Waals surface area contributed by atoms with Gasteiger partial charge in [-0.25, -0.2) is 0 Å². The summed E-state index contributed by atoms with van der Waals surface area (Å²) in [6.07, 6.45) is 0. The summed E-state index contributed by atoms with van der Waals surface area (Å²) in [7, 11) is 4.24. The number of nitrogens with zero attached hydrogens (tertiary/aromatic N) is 2. The molecule has 0 N–H and O–H groups in total. The Balaban J connectivity index is 0.000000146. The largest absolute Gasteiger partial charge is 0.373 e. The molecule has 0 aliphatic carbocycles. The van der Waals surface area contributed by atoms with E-state index < -0.39 is 0 Å². The van der Waals surface area contributed by atoms with Gasteiger partial charge in [0.1, 0.15) is 0 Å². The fraction of sp³-hybridized carbons (Fsp3) is 0.391. The van der Waals surface area contributed by atoms with Crippen LogP contribution in [0.2, 0.25) is 0 Å². The Morgan fingerprint density at radius 2 is 1.32 bits per heavy atom. The van der Waals surface area contributed by atoms with Crippen LogP contribution in [0.1, 0.15) is 38.8 Å². The molecule has 25 heavy (non-hydrogen) atoms. The monoisotopic (exact) mass is 334 g/mol. The number of likely N-dealkylation sites (N-methyl/N-ethyl adjacent to an activating group) is 2. The van der Waals surface area contributed by atoms with Gasteiger partial charge in [0.05, 0.1) is 0 Å². The molecule has 4 rings (SSSR count). The van der Waals surface area contributed by atoms with Crippen LogP contribution in [0.5, 0.6) is 0 Å². The molecular weight excluding hydrogens is 304 g/mol. The predicted molar refractivity (Wildman–Crippen MR) is 110 cm³/mol. The van der Waals surface area contributed by atoms with E-state index in [2.05, 4.69) is 107 Å². The lowest BCUT2D eigenvalue weighted by Crippen LogP contribution is -2.24. The normalized spacial score (nSPS) is 19.2. The molecule has 2 nitrogen and oxygen atoms in total. The van der Waals surface area contributed by atoms with Crippen molar-refractivity contribution in [2.45, 2.75) is 38.5 Å². The van der Waals surface area contributed by atoms with Crippen LogP contribution in [0.25, 0.3) is 0 Å². The van der Waals surface area contributed by atoms with E-state index in [4.69, 9.17) is 0 Å². The molecule has 2 aromatic carbocycles. The minimum absolute atomic E-state index is 0.0886. The highest BCUT2D eigenvalue weighted by molar-refractivity contribution is 5.69. The molecule has 2 heterocycles. The molecule has 0 saturated heterocycles. The average molecular weight is 335 g/mol. The van der Waals surface area contributed by atoms with Gasteiger partial charge < -0.3 is 9.80 Å². The lowest BCUT2D eigenvalue weighted by atomic mass is 9.85. The number of hydrogen-bond acceptors (Lipinski definition) is 2. The maximum atomic E-state index is 4.13. The van der Waals surface area contributed by atoms with Crippen LogP contribution in [-0.4, -0.2) is 20.6 Å². The van der Waals surface area contributed by atoms with Crippen LogP contribution >= 0.6 is 0 Å². The van der Waals surface area contributed by atoms with Crippen molar-refractivity contribution in [2.24, 2.45) is 0 Å². The molecule has 2 aromatic rings. The van der Waals surface area contributed by atoms with Gasteiger partial charge in [-0.05, 0) is 23.3 Å². The fourth-order valence-corrected chi connectivity index (χ4v) is 4.16. The van der Waals surface area contributed by atoms with Gasteiger partial charge in [-0.2, -0.15) is 0 Å². The van der Waals surface area contributed by atoms with E-state index in [-0.39, 0.29) is 5.41 Å². The lowest BCUT2D eigenvalue weighted by Gasteiger charge is -2.22. The minimum Gasteiger partial charge on any atom is -0.373 e. The van der Waals surface area contributed by atoms with Gasteiger partial charge >= 0.3 is 0 Å². The summed E-state index contributed by atoms with van der Waals surface area (Å²) in [5, 5.41) is 0. The first kappa shape index (κ1) is 17.6. The lowest BCUT2D eigenvalue weighted by molar-refractivity contribution is 0.563. The van der Waals surface area contributed by atoms with Crippen LogP contribution in [-0.2, 0) is 10.8 Å². The number of anilines is 2. The predicted octanol–water partition coefficient (Wildman–Crippen LogP) is 5.34. The van der Waals surface area contributed by atoms with E-state index >= 15 is 0 Å². The number of rotatable bonds is 0. The zero-order valence-electron chi connectivity index (χ0n) is 16.4. The van der Waals surface area contributed by atoms with Crippen molar-refractivity contribution in [1.82, 2.24) is 0 Å². The maximum absolute atomic E-state index is 4.13. The van der Waals surface area contributed by atoms with Gasteiger partial charge in [0.25, 0.3) is 0 Å². The van der Waals surface area contributed by atoms with Crippen molar-refractivity contribution in [3.8, 4) is 0 Å². The summed E-state index contributed by atoms with van der Waals surface area (Å²) >= 11 is 0. The van der Waals surface area contributed by atoms with Crippen LogP contribution in [0, 0.1) is 0 Å². The molecule has 0 unspecified atom stereocenters. The Labute approximate surface area is 152 Å². The zero-order valence-corrected chi connectivity index (χ0v) is 16.4. The van der Waals surface area contributed by atoms with Crippen molar-refractivity contribution in [1.29, 1.82) is 0 Å². The second kappa shape index (κ2) is 5.94. The van der Waals surface area contributed by atoms with Crippen LogP contribution < -0.4 is 9.80 Å². The zero-order chi connectivity index (χ0) is 18.4. The summed E-state index contributed by atoms with van der Waals surface area (Å²) in [5.41, 5.74) is 7.13. The van der Waals surface area contributed by atoms with Gasteiger partial charge in [-0.3, -0.25) is 0 Å². The van der Waals surface area contributed by atoms with Gasteiger partial charge in [0.2, 0.25) is 0 Å². The summed E-state index contributed by atoms with van der Waals surface area (Å²) < 4.78 is 0. The third-order valence-electron chi connectivity index (χ3n) is 5.74. The minimum atomic E-state index is 0.0886. The molecule has 2 aliphatic rings. The molecule has 0 bridgehead atoms. The van der Waals surface area contributed by atoms with Gasteiger partial charge in [0, 0.05) is 48.5 Å². The number of benzene rings is 2. The summed E-state index contributed by atoms with van der Waals surface area (Å²) in [6, 6.07) is 17.2. The van der Waals surface area contributed by atoms with Crippen LogP contribution in [0.15, 0.2) is 60.8 Å². The van der Waals surface area contributed by atoms with Crippen molar-refractivity contribution < 1.29 is 0 Å². The SMILES string of the molecule is C=C1N(C)c2ccccc2C1(C)C.CN1CC(C)(C)c2ccccc21. The Bertz CT molecular complexity index is 801. The molecule has 2 aliphatic heterocycles. The number of allylic oxidation sites excluding steroid dienone is 1. The van der Waals surface area contributed by atoms with E-state index in [1.165, 1.54) is 28.2 Å². The van der Waals surface area contributed by atoms with Crippen molar-refractivity contribution in [2.75, 3.05) is 30.4 Å². The summed E-state index contributed by atoms with van der Waals surface area (Å²) in [4.78, 5) is 4.50. The van der Waals surface area contributed by atoms with E-state index in [1.54, 1.807) is 0 Å². The highest BCUT2D eigenvalue weighted by Gasteiger charge is 2.36. The number of para-hydroxylation sites is 2. The van der Waals surface area contributed by atoms with E-state index in [1.807, 2.05) is 0 Å². The molecule has 0 spiro atoms. The molecule has 0 atom stereocenters. The molecule has 2 heteroatoms. The smallest absolute Gasteiger partial charge is 0.0447 e. The Morgan fingerprint density at radius 3 is 1.88 bits per heavy atom. The molecule has 132 valence electrons. The second-order valence-corrected chi connectivity index (χ2v) is 8.40. The third kappa shape index (κ3) is 2.84. The van der Waals surface area contributed by atoms with Gasteiger partial charge in [-0.15, -0.1) is 0 Å². The first-order valence-corrected chi connectivity index (χ1v) is 8.99. The standard InChI is InChI=1S/C12H15N.C11H15N/c1-9-12(2,3)10-7-5-6-8-11(10)13(9)4;1-11(2)8-12(3)10-7-5-4-6-9(10)11/h5-8H,1H2,2-4H3;4-7H,8H2,1-3H3. The topological polar surface area (TPSA) is 6.48 Å². The molecule has 0 aromatic heterocycles. The Kier molecular flexibility index (Phi) is 4.18. The third-order valence-corrected chi connectivity index (χ3v) is 5.74. The quantitative estimate of drug-likeness (QED) is 0.641. The van der Waals surface area contributed by atoms with E-state index in [0.717, 1.165) is 6.54 Å². The molecule has 0 fully saturated rings. The summed E-state index contributed by atoms with van der Waals surface area (Å²) in [6.45, 7) is 14.3. The Morgan fingerprint density at radius 1 is 0.800 bits per heavy atom. The summed E-state index contributed by atoms with van der Waals surface area (Å²) in [5.74, 6) is 0. The van der Waals surface area contributed by atoms with E-state index in [9.17, 15) is 0 Å². The molecule has 0 radical (unpaired) electrons. The van der Waals surface area contributed by atoms with Crippen molar-refractivity contribution >= 4 is 11.4 Å². The number of fused-ring (bicyclic) bond motifs is 2. The number of hydrogen-bond donors (Lipinski definition) is 0. The van der Waals surface area contributed by atoms with E-state index in [0.29, 0.717) is 5.41 Å². The molecule has 0 saturated carbocycles. The van der Waals surface area contributed by atoms with Crippen LogP contribution in [0.3, 0.4) is 0 Å². The van der Waals surface area contributed by atoms with Crippen LogP contribution in [0.4, 0.5) is 11.4 Å². The maximum Gasteiger partial charge on any atom is 0.0447 e.